The Morgan fingerprint density at radius 2 is 1.04 bits per heavy atom. The second-order valence-electron chi connectivity index (χ2n) is 14.1. The van der Waals surface area contributed by atoms with Gasteiger partial charge in [0.2, 0.25) is 0 Å². The van der Waals surface area contributed by atoms with Crippen LogP contribution in [0.5, 0.6) is 0 Å². The van der Waals surface area contributed by atoms with Crippen molar-refractivity contribution in [1.82, 2.24) is 0 Å². The van der Waals surface area contributed by atoms with E-state index in [9.17, 15) is 0 Å². The molecule has 9 aromatic carbocycles. The summed E-state index contributed by atoms with van der Waals surface area (Å²) in [6, 6.07) is 72.2. The summed E-state index contributed by atoms with van der Waals surface area (Å²) in [4.78, 5) is 2.43. The highest BCUT2D eigenvalue weighted by Gasteiger charge is 2.22. The van der Waals surface area contributed by atoms with Crippen LogP contribution >= 0.6 is 11.3 Å². The first-order valence-electron chi connectivity index (χ1n) is 18.7. The van der Waals surface area contributed by atoms with Gasteiger partial charge in [-0.25, -0.2) is 0 Å². The molecule has 0 unspecified atom stereocenters. The lowest BCUT2D eigenvalue weighted by molar-refractivity contribution is 0.669. The minimum Gasteiger partial charge on any atom is -0.456 e. The smallest absolute Gasteiger partial charge is 0.136 e. The van der Waals surface area contributed by atoms with Gasteiger partial charge in [0.15, 0.2) is 0 Å². The fourth-order valence-electron chi connectivity index (χ4n) is 8.16. The van der Waals surface area contributed by atoms with Gasteiger partial charge in [-0.2, -0.15) is 0 Å². The lowest BCUT2D eigenvalue weighted by atomic mass is 9.99. The van der Waals surface area contributed by atoms with Crippen molar-refractivity contribution in [2.75, 3.05) is 4.90 Å². The van der Waals surface area contributed by atoms with Gasteiger partial charge in [0, 0.05) is 42.3 Å². The Hall–Kier alpha value is -6.94. The molecule has 11 aromatic rings. The lowest BCUT2D eigenvalue weighted by Crippen LogP contribution is -2.10. The van der Waals surface area contributed by atoms with Crippen molar-refractivity contribution >= 4 is 81.3 Å². The Morgan fingerprint density at radius 3 is 1.87 bits per heavy atom. The summed E-state index contributed by atoms with van der Waals surface area (Å²) in [5, 5.41) is 7.21. The normalized spacial score (nSPS) is 11.6. The number of nitrogens with zero attached hydrogens (tertiary/aromatic N) is 1. The van der Waals surface area contributed by atoms with Crippen molar-refractivity contribution in [2.24, 2.45) is 0 Å². The van der Waals surface area contributed by atoms with Crippen LogP contribution in [-0.4, -0.2) is 0 Å². The quantitative estimate of drug-likeness (QED) is 0.170. The van der Waals surface area contributed by atoms with Crippen LogP contribution in [0.4, 0.5) is 17.1 Å². The van der Waals surface area contributed by atoms with E-state index in [-0.39, 0.29) is 0 Å². The van der Waals surface area contributed by atoms with Gasteiger partial charge in [0.05, 0.1) is 5.69 Å². The molecule has 2 heterocycles. The van der Waals surface area contributed by atoms with Gasteiger partial charge in [0.1, 0.15) is 11.2 Å². The lowest BCUT2D eigenvalue weighted by Gasteiger charge is -2.27. The topological polar surface area (TPSA) is 16.4 Å². The highest BCUT2D eigenvalue weighted by atomic mass is 32.1. The molecule has 0 bridgehead atoms. The zero-order valence-electron chi connectivity index (χ0n) is 29.8. The Labute approximate surface area is 322 Å². The number of hydrogen-bond donors (Lipinski definition) is 0. The van der Waals surface area contributed by atoms with Gasteiger partial charge in [-0.3, -0.25) is 0 Å². The van der Waals surface area contributed by atoms with Crippen molar-refractivity contribution in [3.63, 3.8) is 0 Å². The summed E-state index contributed by atoms with van der Waals surface area (Å²) in [5.74, 6) is 0. The number of fused-ring (bicyclic) bond motifs is 7. The summed E-state index contributed by atoms with van der Waals surface area (Å²) < 4.78 is 9.08. The van der Waals surface area contributed by atoms with Crippen LogP contribution in [0, 0.1) is 0 Å². The molecule has 0 spiro atoms. The molecule has 0 aliphatic carbocycles. The zero-order valence-corrected chi connectivity index (χ0v) is 30.6. The molecule has 0 fully saturated rings. The number of anilines is 3. The largest absolute Gasteiger partial charge is 0.456 e. The maximum absolute atomic E-state index is 6.52. The molecule has 3 heteroatoms. The van der Waals surface area contributed by atoms with Crippen LogP contribution in [0.2, 0.25) is 0 Å². The summed E-state index contributed by atoms with van der Waals surface area (Å²) >= 11 is 1.87. The molecule has 0 radical (unpaired) electrons. The fraction of sp³-hybridized carbons (Fsp3) is 0. The van der Waals surface area contributed by atoms with Crippen LogP contribution in [0.15, 0.2) is 205 Å². The molecule has 0 aliphatic rings. The SMILES string of the molecule is c1ccc(-c2ccc3c(c2)oc2ccc(N(c4ccc(-c5ccc6ccccc6c5)cc4)c4ccc(-c5ccccc5)c5sc6ccccc6c45)cc23)cc1. The van der Waals surface area contributed by atoms with Gasteiger partial charge < -0.3 is 9.32 Å². The van der Waals surface area contributed by atoms with E-state index in [0.29, 0.717) is 0 Å². The maximum Gasteiger partial charge on any atom is 0.136 e. The second-order valence-corrected chi connectivity index (χ2v) is 15.2. The van der Waals surface area contributed by atoms with E-state index in [2.05, 4.69) is 205 Å². The van der Waals surface area contributed by atoms with Gasteiger partial charge in [-0.15, -0.1) is 11.3 Å². The first-order chi connectivity index (χ1) is 27.2. The molecule has 11 rings (SSSR count). The first kappa shape index (κ1) is 31.6. The molecule has 0 atom stereocenters. The molecular weight excluding hydrogens is 687 g/mol. The molecule has 2 nitrogen and oxygen atoms in total. The van der Waals surface area contributed by atoms with Gasteiger partial charge in [-0.1, -0.05) is 140 Å². The minimum absolute atomic E-state index is 0.876. The second kappa shape index (κ2) is 12.9. The monoisotopic (exact) mass is 719 g/mol. The van der Waals surface area contributed by atoms with Gasteiger partial charge >= 0.3 is 0 Å². The molecular formula is C52H33NOS. The van der Waals surface area contributed by atoms with Crippen molar-refractivity contribution < 1.29 is 4.42 Å². The van der Waals surface area contributed by atoms with E-state index in [1.165, 1.54) is 58.8 Å². The molecule has 2 aromatic heterocycles. The van der Waals surface area contributed by atoms with Crippen LogP contribution < -0.4 is 4.90 Å². The highest BCUT2D eigenvalue weighted by Crippen LogP contribution is 2.49. The number of thiophene rings is 1. The Kier molecular flexibility index (Phi) is 7.39. The standard InChI is InChI=1S/C52H33NOS/c1-3-11-34(12-4-1)40-23-27-44-46-33-42(26-30-48(46)54-49(44)32-40)53(41-24-21-36(22-25-41)39-20-19-35-13-7-8-16-38(35)31-39)47-29-28-43(37-14-5-2-6-15-37)52-51(47)45-17-9-10-18-50(45)55-52/h1-33H. The Balaban J connectivity index is 1.12. The molecule has 0 saturated heterocycles. The predicted octanol–water partition coefficient (Wildman–Crippen LogP) is 15.6. The average molecular weight is 720 g/mol. The molecule has 258 valence electrons. The van der Waals surface area contributed by atoms with E-state index in [0.717, 1.165) is 44.6 Å². The third-order valence-corrected chi connectivity index (χ3v) is 12.1. The van der Waals surface area contributed by atoms with Crippen LogP contribution in [0.25, 0.3) is 86.3 Å². The summed E-state index contributed by atoms with van der Waals surface area (Å²) in [5.41, 5.74) is 12.2. The number of hydrogen-bond acceptors (Lipinski definition) is 3. The number of furan rings is 1. The van der Waals surface area contributed by atoms with E-state index < -0.39 is 0 Å². The van der Waals surface area contributed by atoms with E-state index in [1.54, 1.807) is 0 Å². The fourth-order valence-corrected chi connectivity index (χ4v) is 9.41. The zero-order chi connectivity index (χ0) is 36.3. The first-order valence-corrected chi connectivity index (χ1v) is 19.5. The van der Waals surface area contributed by atoms with Crippen molar-refractivity contribution in [3.8, 4) is 33.4 Å². The Bertz CT molecular complexity index is 3190. The molecule has 0 N–H and O–H groups in total. The van der Waals surface area contributed by atoms with Crippen molar-refractivity contribution in [3.05, 3.63) is 200 Å². The van der Waals surface area contributed by atoms with E-state index >= 15 is 0 Å². The highest BCUT2D eigenvalue weighted by molar-refractivity contribution is 7.26. The third-order valence-electron chi connectivity index (χ3n) is 10.9. The molecule has 55 heavy (non-hydrogen) atoms. The average Bonchev–Trinajstić information content (AvgIpc) is 3.83. The molecule has 0 saturated carbocycles. The van der Waals surface area contributed by atoms with Crippen molar-refractivity contribution in [2.45, 2.75) is 0 Å². The summed E-state index contributed by atoms with van der Waals surface area (Å²) in [7, 11) is 0. The van der Waals surface area contributed by atoms with Crippen LogP contribution in [-0.2, 0) is 0 Å². The molecule has 0 aliphatic heterocycles. The number of benzene rings is 9. The van der Waals surface area contributed by atoms with Crippen LogP contribution in [0.1, 0.15) is 0 Å². The number of rotatable bonds is 6. The van der Waals surface area contributed by atoms with Crippen molar-refractivity contribution in [1.29, 1.82) is 0 Å². The minimum atomic E-state index is 0.876. The van der Waals surface area contributed by atoms with Gasteiger partial charge in [0.25, 0.3) is 0 Å². The van der Waals surface area contributed by atoms with E-state index in [4.69, 9.17) is 4.42 Å². The predicted molar refractivity (Wildman–Crippen MR) is 235 cm³/mol. The van der Waals surface area contributed by atoms with E-state index in [1.807, 2.05) is 11.3 Å². The third kappa shape index (κ3) is 5.40. The van der Waals surface area contributed by atoms with Gasteiger partial charge in [-0.05, 0) is 105 Å². The molecule has 0 amide bonds. The maximum atomic E-state index is 6.52. The summed E-state index contributed by atoms with van der Waals surface area (Å²) in [6.45, 7) is 0. The Morgan fingerprint density at radius 1 is 0.382 bits per heavy atom. The summed E-state index contributed by atoms with van der Waals surface area (Å²) in [6.07, 6.45) is 0. The van der Waals surface area contributed by atoms with Crippen LogP contribution in [0.3, 0.4) is 0 Å².